The Morgan fingerprint density at radius 3 is 2.25 bits per heavy atom. The average Bonchev–Trinajstić information content (AvgIpc) is 2.22. The van der Waals surface area contributed by atoms with Crippen molar-refractivity contribution in [1.82, 2.24) is 0 Å². The molecule has 0 unspecified atom stereocenters. The van der Waals surface area contributed by atoms with Crippen LogP contribution in [0.15, 0.2) is 0 Å². The standard InChI is InChI=1S/C12H22O4/c1-5-7-11(13)16-10(6-2)12(14)15-8-9(3)4/h9-10H,5-8H2,1-4H3/t10-/m1/s1. The van der Waals surface area contributed by atoms with E-state index in [4.69, 9.17) is 9.47 Å². The third-order valence-electron chi connectivity index (χ3n) is 1.92. The lowest BCUT2D eigenvalue weighted by molar-refractivity contribution is -0.168. The highest BCUT2D eigenvalue weighted by molar-refractivity contribution is 5.79. The molecule has 0 aromatic rings. The van der Waals surface area contributed by atoms with E-state index in [1.54, 1.807) is 6.92 Å². The van der Waals surface area contributed by atoms with Gasteiger partial charge in [-0.25, -0.2) is 4.79 Å². The molecule has 0 saturated heterocycles. The number of hydrogen-bond acceptors (Lipinski definition) is 4. The second kappa shape index (κ2) is 8.13. The zero-order valence-corrected chi connectivity index (χ0v) is 10.6. The van der Waals surface area contributed by atoms with Crippen molar-refractivity contribution < 1.29 is 19.1 Å². The van der Waals surface area contributed by atoms with E-state index >= 15 is 0 Å². The molecule has 0 saturated carbocycles. The van der Waals surface area contributed by atoms with Gasteiger partial charge in [0.25, 0.3) is 0 Å². The van der Waals surface area contributed by atoms with Crippen molar-refractivity contribution in [3.8, 4) is 0 Å². The molecular weight excluding hydrogens is 208 g/mol. The van der Waals surface area contributed by atoms with Crippen LogP contribution in [0.25, 0.3) is 0 Å². The first-order chi connectivity index (χ1) is 7.51. The van der Waals surface area contributed by atoms with Gasteiger partial charge in [0, 0.05) is 6.42 Å². The van der Waals surface area contributed by atoms with Crippen LogP contribution in [0.5, 0.6) is 0 Å². The van der Waals surface area contributed by atoms with Crippen LogP contribution in [0.2, 0.25) is 0 Å². The SMILES string of the molecule is CCCC(=O)O[C@H](CC)C(=O)OCC(C)C. The van der Waals surface area contributed by atoms with Crippen LogP contribution >= 0.6 is 0 Å². The molecule has 0 bridgehead atoms. The Kier molecular flexibility index (Phi) is 7.60. The van der Waals surface area contributed by atoms with Gasteiger partial charge in [-0.2, -0.15) is 0 Å². The summed E-state index contributed by atoms with van der Waals surface area (Å²) < 4.78 is 10.0. The quantitative estimate of drug-likeness (QED) is 0.630. The number of ether oxygens (including phenoxy) is 2. The Labute approximate surface area is 97.3 Å². The van der Waals surface area contributed by atoms with Crippen LogP contribution in [-0.4, -0.2) is 24.6 Å². The van der Waals surface area contributed by atoms with Crippen LogP contribution < -0.4 is 0 Å². The Hall–Kier alpha value is -1.06. The maximum Gasteiger partial charge on any atom is 0.347 e. The van der Waals surface area contributed by atoms with Gasteiger partial charge in [-0.3, -0.25) is 4.79 Å². The van der Waals surface area contributed by atoms with E-state index in [-0.39, 0.29) is 11.9 Å². The molecule has 0 fully saturated rings. The van der Waals surface area contributed by atoms with Crippen LogP contribution in [-0.2, 0) is 19.1 Å². The number of hydrogen-bond donors (Lipinski definition) is 0. The maximum absolute atomic E-state index is 11.5. The molecule has 16 heavy (non-hydrogen) atoms. The number of carbonyl (C=O) groups is 2. The molecule has 0 aliphatic carbocycles. The minimum absolute atomic E-state index is 0.285. The molecule has 0 radical (unpaired) electrons. The van der Waals surface area contributed by atoms with Gasteiger partial charge in [-0.1, -0.05) is 27.7 Å². The lowest BCUT2D eigenvalue weighted by Crippen LogP contribution is -2.29. The van der Waals surface area contributed by atoms with Gasteiger partial charge in [-0.15, -0.1) is 0 Å². The number of carbonyl (C=O) groups excluding carboxylic acids is 2. The molecule has 0 rings (SSSR count). The van der Waals surface area contributed by atoms with E-state index in [1.807, 2.05) is 20.8 Å². The van der Waals surface area contributed by atoms with Gasteiger partial charge in [0.2, 0.25) is 0 Å². The van der Waals surface area contributed by atoms with Crippen molar-refractivity contribution in [1.29, 1.82) is 0 Å². The summed E-state index contributed by atoms with van der Waals surface area (Å²) in [6.45, 7) is 7.95. The fourth-order valence-electron chi connectivity index (χ4n) is 1.06. The van der Waals surface area contributed by atoms with Crippen molar-refractivity contribution in [2.45, 2.75) is 53.1 Å². The van der Waals surface area contributed by atoms with Crippen LogP contribution in [0.4, 0.5) is 0 Å². The Morgan fingerprint density at radius 2 is 1.81 bits per heavy atom. The molecule has 0 spiro atoms. The predicted octanol–water partition coefficient (Wildman–Crippen LogP) is 2.31. The van der Waals surface area contributed by atoms with Crippen molar-refractivity contribution in [3.63, 3.8) is 0 Å². The van der Waals surface area contributed by atoms with Crippen LogP contribution in [0.1, 0.15) is 47.0 Å². The second-order valence-electron chi connectivity index (χ2n) is 4.16. The third kappa shape index (κ3) is 6.43. The normalized spacial score (nSPS) is 12.3. The smallest absolute Gasteiger partial charge is 0.347 e. The van der Waals surface area contributed by atoms with Crippen molar-refractivity contribution in [2.75, 3.05) is 6.61 Å². The lowest BCUT2D eigenvalue weighted by Gasteiger charge is -2.15. The summed E-state index contributed by atoms with van der Waals surface area (Å²) in [5, 5.41) is 0. The van der Waals surface area contributed by atoms with Gasteiger partial charge in [0.15, 0.2) is 6.10 Å². The summed E-state index contributed by atoms with van der Waals surface area (Å²) in [7, 11) is 0. The summed E-state index contributed by atoms with van der Waals surface area (Å²) in [4.78, 5) is 22.7. The lowest BCUT2D eigenvalue weighted by atomic mass is 10.2. The van der Waals surface area contributed by atoms with Gasteiger partial charge < -0.3 is 9.47 Å². The molecule has 4 nitrogen and oxygen atoms in total. The average molecular weight is 230 g/mol. The molecular formula is C12H22O4. The van der Waals surface area contributed by atoms with Crippen molar-refractivity contribution in [3.05, 3.63) is 0 Å². The van der Waals surface area contributed by atoms with Crippen molar-refractivity contribution in [2.24, 2.45) is 5.92 Å². The van der Waals surface area contributed by atoms with E-state index in [0.29, 0.717) is 19.4 Å². The molecule has 1 atom stereocenters. The second-order valence-corrected chi connectivity index (χ2v) is 4.16. The molecule has 0 aromatic carbocycles. The van der Waals surface area contributed by atoms with Crippen molar-refractivity contribution >= 4 is 11.9 Å². The van der Waals surface area contributed by atoms with Crippen LogP contribution in [0.3, 0.4) is 0 Å². The molecule has 94 valence electrons. The molecule has 0 heterocycles. The van der Waals surface area contributed by atoms with Crippen LogP contribution in [0, 0.1) is 5.92 Å². The molecule has 0 aliphatic rings. The molecule has 0 amide bonds. The van der Waals surface area contributed by atoms with E-state index in [2.05, 4.69) is 0 Å². The fraction of sp³-hybridized carbons (Fsp3) is 0.833. The fourth-order valence-corrected chi connectivity index (χ4v) is 1.06. The molecule has 0 aliphatic heterocycles. The zero-order valence-electron chi connectivity index (χ0n) is 10.6. The largest absolute Gasteiger partial charge is 0.463 e. The topological polar surface area (TPSA) is 52.6 Å². The first-order valence-electron chi connectivity index (χ1n) is 5.87. The van der Waals surface area contributed by atoms with E-state index in [1.165, 1.54) is 0 Å². The Bertz CT molecular complexity index is 223. The van der Waals surface area contributed by atoms with E-state index in [0.717, 1.165) is 6.42 Å². The van der Waals surface area contributed by atoms with E-state index < -0.39 is 12.1 Å². The highest BCUT2D eigenvalue weighted by Crippen LogP contribution is 2.05. The van der Waals surface area contributed by atoms with Gasteiger partial charge in [-0.05, 0) is 18.8 Å². The minimum atomic E-state index is -0.752. The molecule has 4 heteroatoms. The summed E-state index contributed by atoms with van der Waals surface area (Å²) in [5.74, 6) is -0.496. The maximum atomic E-state index is 11.5. The highest BCUT2D eigenvalue weighted by Gasteiger charge is 2.22. The molecule has 0 aromatic heterocycles. The first-order valence-corrected chi connectivity index (χ1v) is 5.87. The number of rotatable bonds is 7. The van der Waals surface area contributed by atoms with Gasteiger partial charge >= 0.3 is 11.9 Å². The first kappa shape index (κ1) is 14.9. The summed E-state index contributed by atoms with van der Waals surface area (Å²) in [6, 6.07) is 0. The summed E-state index contributed by atoms with van der Waals surface area (Å²) in [6.07, 6.45) is 0.759. The highest BCUT2D eigenvalue weighted by atomic mass is 16.6. The monoisotopic (exact) mass is 230 g/mol. The van der Waals surface area contributed by atoms with Gasteiger partial charge in [0.05, 0.1) is 6.61 Å². The van der Waals surface area contributed by atoms with E-state index in [9.17, 15) is 9.59 Å². The van der Waals surface area contributed by atoms with Gasteiger partial charge in [0.1, 0.15) is 0 Å². The Morgan fingerprint density at radius 1 is 1.19 bits per heavy atom. The third-order valence-corrected chi connectivity index (χ3v) is 1.92. The number of esters is 2. The predicted molar refractivity (Wildman–Crippen MR) is 60.9 cm³/mol. The Balaban J connectivity index is 4.06. The summed E-state index contributed by atoms with van der Waals surface area (Å²) in [5.41, 5.74) is 0. The minimum Gasteiger partial charge on any atom is -0.463 e. The zero-order chi connectivity index (χ0) is 12.6. The molecule has 0 N–H and O–H groups in total. The summed E-state index contributed by atoms with van der Waals surface area (Å²) >= 11 is 0.